The molecule has 7 heteroatoms. The largest absolute Gasteiger partial charge is 0.455 e. The molecule has 0 atom stereocenters. The van der Waals surface area contributed by atoms with Crippen LogP contribution in [0, 0.1) is 0 Å². The minimum atomic E-state index is -0.253. The van der Waals surface area contributed by atoms with Gasteiger partial charge in [0.05, 0.1) is 22.1 Å². The highest BCUT2D eigenvalue weighted by molar-refractivity contribution is 6.35. The molecule has 0 radical (unpaired) electrons. The molecule has 4 rings (SSSR count). The highest BCUT2D eigenvalue weighted by atomic mass is 35.5. The van der Waals surface area contributed by atoms with Gasteiger partial charge in [-0.25, -0.2) is 4.98 Å². The number of hydrogen-bond donors (Lipinski definition) is 0. The lowest BCUT2D eigenvalue weighted by molar-refractivity contribution is 0.574. The molecular weight excluding hydrogens is 373 g/mol. The number of benzene rings is 2. The number of furan rings is 1. The second kappa shape index (κ2) is 6.78. The first-order chi connectivity index (χ1) is 12.6. The topological polar surface area (TPSA) is 60.4 Å². The van der Waals surface area contributed by atoms with Gasteiger partial charge in [-0.1, -0.05) is 35.3 Å². The third-order valence-electron chi connectivity index (χ3n) is 3.78. The van der Waals surface area contributed by atoms with Gasteiger partial charge in [-0.2, -0.15) is 9.78 Å². The number of rotatable bonds is 3. The van der Waals surface area contributed by atoms with Crippen molar-refractivity contribution in [1.29, 1.82) is 0 Å². The zero-order valence-corrected chi connectivity index (χ0v) is 14.8. The molecular formula is C19H11Cl2N3O2. The Morgan fingerprint density at radius 3 is 2.81 bits per heavy atom. The van der Waals surface area contributed by atoms with Gasteiger partial charge in [0.1, 0.15) is 17.8 Å². The normalized spacial score (nSPS) is 11.5. The van der Waals surface area contributed by atoms with Crippen molar-refractivity contribution in [3.05, 3.63) is 87.1 Å². The van der Waals surface area contributed by atoms with E-state index in [1.54, 1.807) is 48.5 Å². The standard InChI is InChI=1S/C19H11Cl2N3O2/c20-12-5-7-16(21)15(9-12)18-8-6-13(26-18)10-23-24-11-22-17-4-2-1-3-14(17)19(24)25/h1-11H/b23-10-. The van der Waals surface area contributed by atoms with Crippen molar-refractivity contribution in [3.8, 4) is 11.3 Å². The number of hydrogen-bond acceptors (Lipinski definition) is 4. The number of aromatic nitrogens is 2. The summed E-state index contributed by atoms with van der Waals surface area (Å²) in [5, 5.41) is 5.72. The molecule has 2 aromatic carbocycles. The van der Waals surface area contributed by atoms with E-state index in [0.717, 1.165) is 4.68 Å². The van der Waals surface area contributed by atoms with Gasteiger partial charge in [0.15, 0.2) is 0 Å². The maximum atomic E-state index is 12.4. The highest BCUT2D eigenvalue weighted by Crippen LogP contribution is 2.31. The Labute approximate surface area is 158 Å². The van der Waals surface area contributed by atoms with Gasteiger partial charge in [0.25, 0.3) is 5.56 Å². The summed E-state index contributed by atoms with van der Waals surface area (Å²) in [6.07, 6.45) is 2.82. The van der Waals surface area contributed by atoms with Gasteiger partial charge >= 0.3 is 0 Å². The Hall–Kier alpha value is -2.89. The lowest BCUT2D eigenvalue weighted by Gasteiger charge is -2.01. The lowest BCUT2D eigenvalue weighted by atomic mass is 10.2. The van der Waals surface area contributed by atoms with Gasteiger partial charge in [0.2, 0.25) is 0 Å². The molecule has 128 valence electrons. The van der Waals surface area contributed by atoms with Crippen LogP contribution >= 0.6 is 23.2 Å². The monoisotopic (exact) mass is 383 g/mol. The smallest absolute Gasteiger partial charge is 0.281 e. The summed E-state index contributed by atoms with van der Waals surface area (Å²) in [5.41, 5.74) is 1.06. The maximum absolute atomic E-state index is 12.4. The summed E-state index contributed by atoms with van der Waals surface area (Å²) in [4.78, 5) is 16.6. The Balaban J connectivity index is 1.66. The average Bonchev–Trinajstić information content (AvgIpc) is 3.12. The van der Waals surface area contributed by atoms with Crippen LogP contribution < -0.4 is 5.56 Å². The maximum Gasteiger partial charge on any atom is 0.281 e. The van der Waals surface area contributed by atoms with Crippen molar-refractivity contribution in [2.75, 3.05) is 0 Å². The SMILES string of the molecule is O=c1c2ccccc2ncn1/N=C\c1ccc(-c2cc(Cl)ccc2Cl)o1. The van der Waals surface area contributed by atoms with E-state index < -0.39 is 0 Å². The van der Waals surface area contributed by atoms with Crippen LogP contribution in [-0.4, -0.2) is 15.9 Å². The summed E-state index contributed by atoms with van der Waals surface area (Å²) >= 11 is 12.2. The molecule has 0 fully saturated rings. The van der Waals surface area contributed by atoms with Crippen LogP contribution in [0.25, 0.3) is 22.2 Å². The fourth-order valence-electron chi connectivity index (χ4n) is 2.51. The van der Waals surface area contributed by atoms with Crippen LogP contribution in [0.1, 0.15) is 5.76 Å². The third-order valence-corrected chi connectivity index (χ3v) is 4.34. The fraction of sp³-hybridized carbons (Fsp3) is 0. The van der Waals surface area contributed by atoms with Gasteiger partial charge < -0.3 is 4.42 Å². The molecule has 0 saturated carbocycles. The summed E-state index contributed by atoms with van der Waals surface area (Å²) in [7, 11) is 0. The van der Waals surface area contributed by atoms with Crippen molar-refractivity contribution < 1.29 is 4.42 Å². The fourth-order valence-corrected chi connectivity index (χ4v) is 2.90. The van der Waals surface area contributed by atoms with Crippen LogP contribution in [0.4, 0.5) is 0 Å². The first-order valence-corrected chi connectivity index (χ1v) is 8.43. The summed E-state index contributed by atoms with van der Waals surface area (Å²) in [5.74, 6) is 1.03. The Morgan fingerprint density at radius 1 is 1.08 bits per heavy atom. The molecule has 0 amide bonds. The van der Waals surface area contributed by atoms with Crippen LogP contribution in [0.15, 0.2) is 75.2 Å². The summed E-state index contributed by atoms with van der Waals surface area (Å²) < 4.78 is 6.89. The van der Waals surface area contributed by atoms with Gasteiger partial charge in [-0.05, 0) is 42.5 Å². The number of para-hydroxylation sites is 1. The molecule has 0 aliphatic heterocycles. The zero-order chi connectivity index (χ0) is 18.1. The van der Waals surface area contributed by atoms with E-state index in [0.29, 0.717) is 38.0 Å². The van der Waals surface area contributed by atoms with E-state index in [2.05, 4.69) is 10.1 Å². The predicted octanol–water partition coefficient (Wildman–Crippen LogP) is 4.85. The van der Waals surface area contributed by atoms with E-state index in [1.165, 1.54) is 12.5 Å². The van der Waals surface area contributed by atoms with Gasteiger partial charge in [-0.3, -0.25) is 4.79 Å². The first-order valence-electron chi connectivity index (χ1n) is 7.68. The second-order valence-electron chi connectivity index (χ2n) is 5.48. The molecule has 0 aliphatic carbocycles. The average molecular weight is 384 g/mol. The van der Waals surface area contributed by atoms with E-state index >= 15 is 0 Å². The minimum absolute atomic E-state index is 0.253. The van der Waals surface area contributed by atoms with Crippen molar-refractivity contribution >= 4 is 40.3 Å². The molecule has 2 heterocycles. The number of halogens is 2. The van der Waals surface area contributed by atoms with E-state index in [1.807, 2.05) is 6.07 Å². The zero-order valence-electron chi connectivity index (χ0n) is 13.3. The van der Waals surface area contributed by atoms with Crippen molar-refractivity contribution in [2.45, 2.75) is 0 Å². The van der Waals surface area contributed by atoms with Crippen LogP contribution in [0.3, 0.4) is 0 Å². The minimum Gasteiger partial charge on any atom is -0.455 e. The molecule has 5 nitrogen and oxygen atoms in total. The third kappa shape index (κ3) is 3.14. The Morgan fingerprint density at radius 2 is 1.92 bits per heavy atom. The quantitative estimate of drug-likeness (QED) is 0.475. The number of fused-ring (bicyclic) bond motifs is 1. The molecule has 0 bridgehead atoms. The van der Waals surface area contributed by atoms with E-state index in [-0.39, 0.29) is 5.56 Å². The lowest BCUT2D eigenvalue weighted by Crippen LogP contribution is -2.16. The molecule has 0 spiro atoms. The van der Waals surface area contributed by atoms with Crippen LogP contribution in [-0.2, 0) is 0 Å². The molecule has 2 aromatic heterocycles. The molecule has 4 aromatic rings. The van der Waals surface area contributed by atoms with E-state index in [9.17, 15) is 4.79 Å². The second-order valence-corrected chi connectivity index (χ2v) is 6.33. The number of nitrogens with zero attached hydrogens (tertiary/aromatic N) is 3. The summed E-state index contributed by atoms with van der Waals surface area (Å²) in [6.45, 7) is 0. The van der Waals surface area contributed by atoms with Crippen molar-refractivity contribution in [2.24, 2.45) is 5.10 Å². The van der Waals surface area contributed by atoms with Gasteiger partial charge in [0, 0.05) is 10.6 Å². The van der Waals surface area contributed by atoms with E-state index in [4.69, 9.17) is 27.6 Å². The predicted molar refractivity (Wildman–Crippen MR) is 103 cm³/mol. The van der Waals surface area contributed by atoms with Crippen LogP contribution in [0.5, 0.6) is 0 Å². The van der Waals surface area contributed by atoms with Crippen molar-refractivity contribution in [1.82, 2.24) is 9.66 Å². The molecule has 0 unspecified atom stereocenters. The van der Waals surface area contributed by atoms with Crippen molar-refractivity contribution in [3.63, 3.8) is 0 Å². The summed E-state index contributed by atoms with van der Waals surface area (Å²) in [6, 6.07) is 15.7. The molecule has 0 saturated heterocycles. The Bertz CT molecular complexity index is 1190. The van der Waals surface area contributed by atoms with Crippen LogP contribution in [0.2, 0.25) is 10.0 Å². The molecule has 0 N–H and O–H groups in total. The highest BCUT2D eigenvalue weighted by Gasteiger charge is 2.09. The molecule has 0 aliphatic rings. The first kappa shape index (κ1) is 16.6. The molecule has 26 heavy (non-hydrogen) atoms. The Kier molecular flexibility index (Phi) is 4.32. The van der Waals surface area contributed by atoms with Gasteiger partial charge in [-0.15, -0.1) is 0 Å².